The minimum Gasteiger partial charge on any atom is -0.325 e. The van der Waals surface area contributed by atoms with Gasteiger partial charge in [-0.05, 0) is 36.2 Å². The van der Waals surface area contributed by atoms with Crippen molar-refractivity contribution in [2.24, 2.45) is 0 Å². The third-order valence-electron chi connectivity index (χ3n) is 4.51. The molecule has 0 saturated heterocycles. The summed E-state index contributed by atoms with van der Waals surface area (Å²) >= 11 is 1.38. The lowest BCUT2D eigenvalue weighted by molar-refractivity contribution is -0.116. The molecule has 0 aliphatic carbocycles. The summed E-state index contributed by atoms with van der Waals surface area (Å²) in [6.07, 6.45) is 1.75. The number of thioether (sulfide) groups is 1. The lowest BCUT2D eigenvalue weighted by Crippen LogP contribution is -2.41. The number of carbonyl (C=O) groups excluding carboxylic acids is 1. The average molecular weight is 397 g/mol. The van der Waals surface area contributed by atoms with E-state index in [-0.39, 0.29) is 17.8 Å². The zero-order valence-corrected chi connectivity index (χ0v) is 16.1. The highest BCUT2D eigenvalue weighted by Gasteiger charge is 2.37. The summed E-state index contributed by atoms with van der Waals surface area (Å²) in [5, 5.41) is 11.6. The van der Waals surface area contributed by atoms with E-state index >= 15 is 0 Å². The maximum atomic E-state index is 13.1. The number of aromatic nitrogens is 3. The fourth-order valence-corrected chi connectivity index (χ4v) is 4.24. The average Bonchev–Trinajstić information content (AvgIpc) is 3.12. The molecule has 144 valence electrons. The number of benzene rings is 2. The molecule has 1 amide bonds. The van der Waals surface area contributed by atoms with Gasteiger partial charge in [0.15, 0.2) is 5.82 Å². The SMILES string of the molecule is CCCc1nnc2n1N[C@@H](c1ccccc1)[C@@H](C(=O)Nc1ccc(F)cc1)S2. The molecule has 0 saturated carbocycles. The van der Waals surface area contributed by atoms with Crippen molar-refractivity contribution in [3.8, 4) is 0 Å². The van der Waals surface area contributed by atoms with Gasteiger partial charge in [0, 0.05) is 12.1 Å². The number of anilines is 1. The van der Waals surface area contributed by atoms with Crippen LogP contribution >= 0.6 is 11.8 Å². The van der Waals surface area contributed by atoms with Gasteiger partial charge in [0.25, 0.3) is 0 Å². The zero-order chi connectivity index (χ0) is 19.5. The van der Waals surface area contributed by atoms with Gasteiger partial charge in [0.05, 0.1) is 6.04 Å². The van der Waals surface area contributed by atoms with E-state index in [1.165, 1.54) is 23.9 Å². The maximum Gasteiger partial charge on any atom is 0.240 e. The summed E-state index contributed by atoms with van der Waals surface area (Å²) in [6, 6.07) is 15.3. The van der Waals surface area contributed by atoms with Gasteiger partial charge < -0.3 is 10.7 Å². The molecule has 2 heterocycles. The molecule has 4 rings (SSSR count). The molecule has 2 atom stereocenters. The summed E-state index contributed by atoms with van der Waals surface area (Å²) in [4.78, 5) is 13.1. The van der Waals surface area contributed by atoms with Crippen molar-refractivity contribution in [3.63, 3.8) is 0 Å². The van der Waals surface area contributed by atoms with Crippen LogP contribution in [0.4, 0.5) is 10.1 Å². The number of nitrogens with one attached hydrogen (secondary N) is 2. The first-order valence-corrected chi connectivity index (χ1v) is 10.0. The van der Waals surface area contributed by atoms with Gasteiger partial charge in [-0.2, -0.15) is 0 Å². The summed E-state index contributed by atoms with van der Waals surface area (Å²) in [5.74, 6) is 0.331. The Morgan fingerprint density at radius 1 is 1.18 bits per heavy atom. The number of nitrogens with zero attached hydrogens (tertiary/aromatic N) is 3. The molecule has 0 bridgehead atoms. The van der Waals surface area contributed by atoms with Gasteiger partial charge in [-0.1, -0.05) is 49.0 Å². The first-order valence-electron chi connectivity index (χ1n) is 9.14. The third kappa shape index (κ3) is 3.73. The molecule has 1 aliphatic heterocycles. The number of amides is 1. The Hall–Kier alpha value is -2.87. The minimum absolute atomic E-state index is 0.177. The van der Waals surface area contributed by atoms with Gasteiger partial charge in [0.2, 0.25) is 11.1 Å². The van der Waals surface area contributed by atoms with Crippen molar-refractivity contribution in [1.29, 1.82) is 0 Å². The van der Waals surface area contributed by atoms with E-state index in [0.29, 0.717) is 10.8 Å². The molecule has 28 heavy (non-hydrogen) atoms. The highest BCUT2D eigenvalue weighted by molar-refractivity contribution is 8.00. The first kappa shape index (κ1) is 18.5. The van der Waals surface area contributed by atoms with Crippen LogP contribution in [0.2, 0.25) is 0 Å². The van der Waals surface area contributed by atoms with E-state index in [1.54, 1.807) is 12.1 Å². The number of halogens is 1. The number of fused-ring (bicyclic) bond motifs is 1. The van der Waals surface area contributed by atoms with Gasteiger partial charge in [-0.3, -0.25) is 4.79 Å². The Labute approximate surface area is 166 Å². The number of hydrogen-bond donors (Lipinski definition) is 2. The number of carbonyl (C=O) groups is 1. The summed E-state index contributed by atoms with van der Waals surface area (Å²) in [6.45, 7) is 2.09. The van der Waals surface area contributed by atoms with Crippen LogP contribution in [0.25, 0.3) is 0 Å². The second-order valence-electron chi connectivity index (χ2n) is 6.54. The fraction of sp³-hybridized carbons (Fsp3) is 0.250. The Bertz CT molecular complexity index is 960. The topological polar surface area (TPSA) is 71.8 Å². The standard InChI is InChI=1S/C20H20FN5OS/c1-2-6-16-23-24-20-26(16)25-17(13-7-4-3-5-8-13)18(28-20)19(27)22-15-11-9-14(21)10-12-15/h3-5,7-12,17-18,25H,2,6H2,1H3,(H,22,27)/t17-,18-/m0/s1. The molecule has 1 aliphatic rings. The smallest absolute Gasteiger partial charge is 0.240 e. The highest BCUT2D eigenvalue weighted by atomic mass is 32.2. The molecule has 2 aromatic carbocycles. The molecule has 1 aromatic heterocycles. The second kappa shape index (κ2) is 8.02. The number of aryl methyl sites for hydroxylation is 1. The van der Waals surface area contributed by atoms with Crippen LogP contribution < -0.4 is 10.7 Å². The van der Waals surface area contributed by atoms with E-state index in [0.717, 1.165) is 24.2 Å². The maximum absolute atomic E-state index is 13.1. The normalized spacial score (nSPS) is 18.2. The van der Waals surface area contributed by atoms with Crippen molar-refractivity contribution < 1.29 is 9.18 Å². The third-order valence-corrected chi connectivity index (χ3v) is 5.72. The van der Waals surface area contributed by atoms with Crippen LogP contribution in [0, 0.1) is 5.82 Å². The minimum atomic E-state index is -0.460. The van der Waals surface area contributed by atoms with Crippen molar-refractivity contribution >= 4 is 23.4 Å². The van der Waals surface area contributed by atoms with Gasteiger partial charge in [-0.15, -0.1) is 10.2 Å². The fourth-order valence-electron chi connectivity index (χ4n) is 3.14. The molecule has 0 unspecified atom stereocenters. The lowest BCUT2D eigenvalue weighted by Gasteiger charge is -2.33. The van der Waals surface area contributed by atoms with E-state index in [4.69, 9.17) is 0 Å². The Balaban J connectivity index is 1.64. The predicted molar refractivity (Wildman–Crippen MR) is 107 cm³/mol. The summed E-state index contributed by atoms with van der Waals surface area (Å²) in [7, 11) is 0. The van der Waals surface area contributed by atoms with Crippen molar-refractivity contribution in [3.05, 3.63) is 71.8 Å². The van der Waals surface area contributed by atoms with E-state index in [9.17, 15) is 9.18 Å². The van der Waals surface area contributed by atoms with Crippen LogP contribution in [0.5, 0.6) is 0 Å². The van der Waals surface area contributed by atoms with Crippen molar-refractivity contribution in [2.45, 2.75) is 36.2 Å². The van der Waals surface area contributed by atoms with Crippen LogP contribution in [0.15, 0.2) is 59.8 Å². The quantitative estimate of drug-likeness (QED) is 0.686. The molecule has 8 heteroatoms. The van der Waals surface area contributed by atoms with Crippen LogP contribution in [-0.4, -0.2) is 26.0 Å². The van der Waals surface area contributed by atoms with Crippen LogP contribution in [-0.2, 0) is 11.2 Å². The van der Waals surface area contributed by atoms with Crippen molar-refractivity contribution in [2.75, 3.05) is 10.7 Å². The summed E-state index contributed by atoms with van der Waals surface area (Å²) in [5.41, 5.74) is 4.97. The predicted octanol–water partition coefficient (Wildman–Crippen LogP) is 3.77. The Kier molecular flexibility index (Phi) is 5.29. The Morgan fingerprint density at radius 2 is 1.93 bits per heavy atom. The van der Waals surface area contributed by atoms with E-state index in [2.05, 4.69) is 27.9 Å². The van der Waals surface area contributed by atoms with E-state index in [1.807, 2.05) is 35.0 Å². The van der Waals surface area contributed by atoms with Crippen LogP contribution in [0.1, 0.15) is 30.8 Å². The van der Waals surface area contributed by atoms with Gasteiger partial charge >= 0.3 is 0 Å². The number of hydrogen-bond acceptors (Lipinski definition) is 5. The zero-order valence-electron chi connectivity index (χ0n) is 15.3. The van der Waals surface area contributed by atoms with E-state index < -0.39 is 5.25 Å². The molecule has 0 fully saturated rings. The largest absolute Gasteiger partial charge is 0.325 e. The highest BCUT2D eigenvalue weighted by Crippen LogP contribution is 2.37. The van der Waals surface area contributed by atoms with Gasteiger partial charge in [0.1, 0.15) is 11.1 Å². The molecule has 2 N–H and O–H groups in total. The first-order chi connectivity index (χ1) is 13.7. The van der Waals surface area contributed by atoms with Crippen LogP contribution in [0.3, 0.4) is 0 Å². The monoisotopic (exact) mass is 397 g/mol. The van der Waals surface area contributed by atoms with Gasteiger partial charge in [-0.25, -0.2) is 9.07 Å². The molecular formula is C20H20FN5OS. The lowest BCUT2D eigenvalue weighted by atomic mass is 10.0. The molecule has 0 radical (unpaired) electrons. The van der Waals surface area contributed by atoms with Crippen molar-refractivity contribution in [1.82, 2.24) is 14.9 Å². The molecular weight excluding hydrogens is 377 g/mol. The molecule has 0 spiro atoms. The molecule has 3 aromatic rings. The summed E-state index contributed by atoms with van der Waals surface area (Å²) < 4.78 is 15.0. The Morgan fingerprint density at radius 3 is 2.64 bits per heavy atom. The second-order valence-corrected chi connectivity index (χ2v) is 7.64. The molecule has 6 nitrogen and oxygen atoms in total. The number of rotatable bonds is 5.